The van der Waals surface area contributed by atoms with Crippen molar-refractivity contribution in [3.63, 3.8) is 0 Å². The summed E-state index contributed by atoms with van der Waals surface area (Å²) in [4.78, 5) is 0. The molecule has 3 nitrogen and oxygen atoms in total. The summed E-state index contributed by atoms with van der Waals surface area (Å²) in [5.74, 6) is 0. The molecule has 0 aliphatic carbocycles. The fourth-order valence-corrected chi connectivity index (χ4v) is 1.64. The largest absolute Gasteiger partial charge is 0.316 e. The highest BCUT2D eigenvalue weighted by atomic mass is 15.2. The molecule has 3 heteroatoms. The zero-order valence-corrected chi connectivity index (χ0v) is 10.00. The van der Waals surface area contributed by atoms with E-state index in [9.17, 15) is 0 Å². The van der Waals surface area contributed by atoms with Crippen LogP contribution in [0.4, 0.5) is 0 Å². The van der Waals surface area contributed by atoms with E-state index in [1.165, 1.54) is 31.2 Å². The third kappa shape index (κ3) is 5.57. The normalized spacial score (nSPS) is 10.8. The summed E-state index contributed by atoms with van der Waals surface area (Å²) in [6.07, 6.45) is 10.5. The standard InChI is InChI=1S/C12H23N3/c1-3-4-5-6-8-13-9-7-12-10-14-15(2)11-12/h10-11,13H,3-9H2,1-2H3. The minimum Gasteiger partial charge on any atom is -0.316 e. The van der Waals surface area contributed by atoms with Crippen LogP contribution in [0.3, 0.4) is 0 Å². The maximum absolute atomic E-state index is 4.14. The molecule has 0 aliphatic heterocycles. The van der Waals surface area contributed by atoms with Gasteiger partial charge in [0.2, 0.25) is 0 Å². The Labute approximate surface area is 92.9 Å². The van der Waals surface area contributed by atoms with E-state index in [4.69, 9.17) is 0 Å². The second-order valence-corrected chi connectivity index (χ2v) is 4.08. The van der Waals surface area contributed by atoms with Gasteiger partial charge in [-0.05, 0) is 31.5 Å². The number of nitrogens with one attached hydrogen (secondary N) is 1. The van der Waals surface area contributed by atoms with E-state index in [1.54, 1.807) is 0 Å². The number of aryl methyl sites for hydroxylation is 1. The van der Waals surface area contributed by atoms with Gasteiger partial charge >= 0.3 is 0 Å². The first kappa shape index (κ1) is 12.2. The van der Waals surface area contributed by atoms with Gasteiger partial charge in [-0.25, -0.2) is 0 Å². The summed E-state index contributed by atoms with van der Waals surface area (Å²) >= 11 is 0. The minimum absolute atomic E-state index is 1.07. The van der Waals surface area contributed by atoms with Crippen LogP contribution in [0.25, 0.3) is 0 Å². The van der Waals surface area contributed by atoms with Gasteiger partial charge in [0.1, 0.15) is 0 Å². The molecule has 15 heavy (non-hydrogen) atoms. The summed E-state index contributed by atoms with van der Waals surface area (Å²) < 4.78 is 1.86. The Hall–Kier alpha value is -0.830. The highest BCUT2D eigenvalue weighted by Crippen LogP contribution is 1.98. The fourth-order valence-electron chi connectivity index (χ4n) is 1.64. The van der Waals surface area contributed by atoms with Crippen LogP contribution in [0.5, 0.6) is 0 Å². The van der Waals surface area contributed by atoms with E-state index in [2.05, 4.69) is 23.5 Å². The second-order valence-electron chi connectivity index (χ2n) is 4.08. The first-order chi connectivity index (χ1) is 7.33. The topological polar surface area (TPSA) is 29.9 Å². The summed E-state index contributed by atoms with van der Waals surface area (Å²) in [5, 5.41) is 7.61. The summed E-state index contributed by atoms with van der Waals surface area (Å²) in [7, 11) is 1.96. The van der Waals surface area contributed by atoms with Crippen LogP contribution in [0.2, 0.25) is 0 Å². The quantitative estimate of drug-likeness (QED) is 0.665. The van der Waals surface area contributed by atoms with E-state index in [-0.39, 0.29) is 0 Å². The van der Waals surface area contributed by atoms with E-state index in [0.717, 1.165) is 19.5 Å². The van der Waals surface area contributed by atoms with E-state index < -0.39 is 0 Å². The van der Waals surface area contributed by atoms with Crippen molar-refractivity contribution < 1.29 is 0 Å². The van der Waals surface area contributed by atoms with Gasteiger partial charge in [-0.15, -0.1) is 0 Å². The molecule has 0 amide bonds. The third-order valence-electron chi connectivity index (χ3n) is 2.56. The monoisotopic (exact) mass is 209 g/mol. The molecular weight excluding hydrogens is 186 g/mol. The molecule has 0 bridgehead atoms. The van der Waals surface area contributed by atoms with Gasteiger partial charge in [0.25, 0.3) is 0 Å². The Morgan fingerprint density at radius 2 is 2.13 bits per heavy atom. The number of hydrogen-bond acceptors (Lipinski definition) is 2. The molecule has 0 fully saturated rings. The smallest absolute Gasteiger partial charge is 0.0522 e. The Morgan fingerprint density at radius 3 is 2.80 bits per heavy atom. The maximum atomic E-state index is 4.14. The zero-order chi connectivity index (χ0) is 10.9. The van der Waals surface area contributed by atoms with Crippen LogP contribution >= 0.6 is 0 Å². The number of hydrogen-bond donors (Lipinski definition) is 1. The lowest BCUT2D eigenvalue weighted by Gasteiger charge is -2.02. The zero-order valence-electron chi connectivity index (χ0n) is 10.00. The van der Waals surface area contributed by atoms with Crippen LogP contribution in [0.1, 0.15) is 38.2 Å². The van der Waals surface area contributed by atoms with Gasteiger partial charge < -0.3 is 5.32 Å². The number of rotatable bonds is 8. The SMILES string of the molecule is CCCCCCNCCc1cnn(C)c1. The first-order valence-electron chi connectivity index (χ1n) is 6.01. The molecule has 0 unspecified atom stereocenters. The predicted molar refractivity (Wildman–Crippen MR) is 63.9 cm³/mol. The van der Waals surface area contributed by atoms with Crippen molar-refractivity contribution in [3.8, 4) is 0 Å². The Balaban J connectivity index is 1.93. The highest BCUT2D eigenvalue weighted by molar-refractivity contribution is 5.03. The summed E-state index contributed by atoms with van der Waals surface area (Å²) in [6.45, 7) is 4.47. The Kier molecular flexibility index (Phi) is 6.09. The van der Waals surface area contributed by atoms with E-state index in [1.807, 2.05) is 17.9 Å². The molecule has 86 valence electrons. The van der Waals surface area contributed by atoms with Gasteiger partial charge in [0.05, 0.1) is 6.20 Å². The molecule has 0 aliphatic rings. The molecule has 1 rings (SSSR count). The lowest BCUT2D eigenvalue weighted by Crippen LogP contribution is -2.18. The van der Waals surface area contributed by atoms with Gasteiger partial charge in [-0.2, -0.15) is 5.10 Å². The van der Waals surface area contributed by atoms with Crippen molar-refractivity contribution in [1.29, 1.82) is 0 Å². The second kappa shape index (κ2) is 7.46. The van der Waals surface area contributed by atoms with E-state index in [0.29, 0.717) is 0 Å². The van der Waals surface area contributed by atoms with Crippen LogP contribution in [-0.2, 0) is 13.5 Å². The Morgan fingerprint density at radius 1 is 1.27 bits per heavy atom. The summed E-state index contributed by atoms with van der Waals surface area (Å²) in [5.41, 5.74) is 1.32. The molecule has 1 aromatic heterocycles. The molecule has 0 saturated heterocycles. The van der Waals surface area contributed by atoms with Crippen molar-refractivity contribution in [1.82, 2.24) is 15.1 Å². The highest BCUT2D eigenvalue weighted by Gasteiger charge is 1.95. The predicted octanol–water partition coefficient (Wildman–Crippen LogP) is 2.13. The summed E-state index contributed by atoms with van der Waals surface area (Å²) in [6, 6.07) is 0. The molecule has 0 saturated carbocycles. The van der Waals surface area contributed by atoms with Gasteiger partial charge in [-0.1, -0.05) is 26.2 Å². The van der Waals surface area contributed by atoms with Crippen molar-refractivity contribution >= 4 is 0 Å². The number of aromatic nitrogens is 2. The fraction of sp³-hybridized carbons (Fsp3) is 0.750. The lowest BCUT2D eigenvalue weighted by atomic mass is 10.2. The van der Waals surface area contributed by atoms with Crippen molar-refractivity contribution in [2.75, 3.05) is 13.1 Å². The van der Waals surface area contributed by atoms with Crippen LogP contribution in [-0.4, -0.2) is 22.9 Å². The maximum Gasteiger partial charge on any atom is 0.0522 e. The Bertz CT molecular complexity index is 255. The lowest BCUT2D eigenvalue weighted by molar-refractivity contribution is 0.598. The van der Waals surface area contributed by atoms with Gasteiger partial charge in [0.15, 0.2) is 0 Å². The molecule has 1 aromatic rings. The first-order valence-corrected chi connectivity index (χ1v) is 6.01. The average molecular weight is 209 g/mol. The van der Waals surface area contributed by atoms with Crippen molar-refractivity contribution in [2.45, 2.75) is 39.0 Å². The van der Waals surface area contributed by atoms with Crippen LogP contribution < -0.4 is 5.32 Å². The molecule has 1 heterocycles. The van der Waals surface area contributed by atoms with Crippen molar-refractivity contribution in [2.24, 2.45) is 7.05 Å². The molecule has 0 radical (unpaired) electrons. The molecule has 1 N–H and O–H groups in total. The average Bonchev–Trinajstić information content (AvgIpc) is 2.63. The molecular formula is C12H23N3. The molecule has 0 spiro atoms. The van der Waals surface area contributed by atoms with Crippen LogP contribution in [0.15, 0.2) is 12.4 Å². The van der Waals surface area contributed by atoms with E-state index >= 15 is 0 Å². The molecule has 0 atom stereocenters. The van der Waals surface area contributed by atoms with Gasteiger partial charge in [-0.3, -0.25) is 4.68 Å². The third-order valence-corrected chi connectivity index (χ3v) is 2.56. The minimum atomic E-state index is 1.07. The van der Waals surface area contributed by atoms with Crippen molar-refractivity contribution in [3.05, 3.63) is 18.0 Å². The number of unbranched alkanes of at least 4 members (excludes halogenated alkanes) is 3. The van der Waals surface area contributed by atoms with Gasteiger partial charge in [0, 0.05) is 13.2 Å². The number of nitrogens with zero attached hydrogens (tertiary/aromatic N) is 2. The molecule has 0 aromatic carbocycles. The van der Waals surface area contributed by atoms with Crippen LogP contribution in [0, 0.1) is 0 Å².